The lowest BCUT2D eigenvalue weighted by atomic mass is 10.0. The topological polar surface area (TPSA) is 101 Å². The van der Waals surface area contributed by atoms with E-state index in [2.05, 4.69) is 44.2 Å². The van der Waals surface area contributed by atoms with E-state index in [1.54, 1.807) is 6.07 Å². The molecule has 0 atom stereocenters. The molecule has 0 saturated carbocycles. The highest BCUT2D eigenvalue weighted by Gasteiger charge is 2.25. The van der Waals surface area contributed by atoms with Crippen molar-refractivity contribution < 1.29 is 23.1 Å². The number of aromatic nitrogens is 3. The standard InChI is InChI=1S/C20H25ClF2N6O3/c1-12(2)28-7-5-14(6-8-28)25-19(31)15-9-18(32-20(22)23)27-29(15)11-17(30)26-16-4-3-13(21)10-24-16/h3-4,9-10,12,14,20H,5-8,11H2,1-2H3,(H,25,31)(H,24,26,30). The van der Waals surface area contributed by atoms with Gasteiger partial charge in [-0.15, -0.1) is 5.10 Å². The van der Waals surface area contributed by atoms with Gasteiger partial charge in [-0.2, -0.15) is 8.78 Å². The second-order valence-corrected chi connectivity index (χ2v) is 8.13. The quantitative estimate of drug-likeness (QED) is 0.615. The first kappa shape index (κ1) is 23.9. The summed E-state index contributed by atoms with van der Waals surface area (Å²) < 4.78 is 30.6. The van der Waals surface area contributed by atoms with E-state index in [9.17, 15) is 18.4 Å². The van der Waals surface area contributed by atoms with E-state index in [0.29, 0.717) is 11.1 Å². The summed E-state index contributed by atoms with van der Waals surface area (Å²) in [5.41, 5.74) is -0.0499. The number of alkyl halides is 2. The molecular weight excluding hydrogens is 446 g/mol. The molecule has 1 fully saturated rings. The predicted octanol–water partition coefficient (Wildman–Crippen LogP) is 2.77. The molecule has 2 N–H and O–H groups in total. The lowest BCUT2D eigenvalue weighted by Crippen LogP contribution is -2.47. The van der Waals surface area contributed by atoms with E-state index < -0.39 is 30.9 Å². The number of piperidine rings is 1. The third-order valence-electron chi connectivity index (χ3n) is 5.08. The van der Waals surface area contributed by atoms with Crippen LogP contribution in [0.25, 0.3) is 0 Å². The molecule has 0 bridgehead atoms. The Hall–Kier alpha value is -2.79. The summed E-state index contributed by atoms with van der Waals surface area (Å²) in [5, 5.41) is 9.68. The lowest BCUT2D eigenvalue weighted by Gasteiger charge is -2.34. The Labute approximate surface area is 189 Å². The van der Waals surface area contributed by atoms with Gasteiger partial charge in [-0.1, -0.05) is 11.6 Å². The molecule has 12 heteroatoms. The molecule has 32 heavy (non-hydrogen) atoms. The summed E-state index contributed by atoms with van der Waals surface area (Å²) in [7, 11) is 0. The molecule has 0 radical (unpaired) electrons. The van der Waals surface area contributed by atoms with Gasteiger partial charge in [-0.25, -0.2) is 9.67 Å². The minimum absolute atomic E-state index is 0.0499. The van der Waals surface area contributed by atoms with Crippen molar-refractivity contribution in [1.82, 2.24) is 25.0 Å². The van der Waals surface area contributed by atoms with Gasteiger partial charge in [-0.05, 0) is 38.8 Å². The monoisotopic (exact) mass is 470 g/mol. The highest BCUT2D eigenvalue weighted by molar-refractivity contribution is 6.30. The van der Waals surface area contributed by atoms with Crippen molar-refractivity contribution in [3.8, 4) is 5.88 Å². The summed E-state index contributed by atoms with van der Waals surface area (Å²) in [6.07, 6.45) is 2.89. The first-order chi connectivity index (χ1) is 15.2. The van der Waals surface area contributed by atoms with Crippen molar-refractivity contribution >= 4 is 29.2 Å². The molecule has 1 saturated heterocycles. The third kappa shape index (κ3) is 6.60. The molecule has 0 spiro atoms. The van der Waals surface area contributed by atoms with Crippen LogP contribution in [0, 0.1) is 0 Å². The first-order valence-corrected chi connectivity index (χ1v) is 10.6. The molecule has 1 aliphatic rings. The van der Waals surface area contributed by atoms with Gasteiger partial charge in [-0.3, -0.25) is 9.59 Å². The molecule has 9 nitrogen and oxygen atoms in total. The zero-order valence-corrected chi connectivity index (χ0v) is 18.5. The summed E-state index contributed by atoms with van der Waals surface area (Å²) >= 11 is 5.77. The van der Waals surface area contributed by atoms with Gasteiger partial charge in [0, 0.05) is 37.4 Å². The number of amides is 2. The minimum Gasteiger partial charge on any atom is -0.415 e. The highest BCUT2D eigenvalue weighted by Crippen LogP contribution is 2.18. The van der Waals surface area contributed by atoms with Crippen molar-refractivity contribution in [2.24, 2.45) is 0 Å². The zero-order valence-electron chi connectivity index (χ0n) is 17.7. The van der Waals surface area contributed by atoms with E-state index in [0.717, 1.165) is 36.7 Å². The lowest BCUT2D eigenvalue weighted by molar-refractivity contribution is -0.116. The number of hydrogen-bond acceptors (Lipinski definition) is 6. The third-order valence-corrected chi connectivity index (χ3v) is 5.31. The highest BCUT2D eigenvalue weighted by atomic mass is 35.5. The number of anilines is 1. The summed E-state index contributed by atoms with van der Waals surface area (Å²) in [5.74, 6) is -1.26. The molecule has 0 unspecified atom stereocenters. The van der Waals surface area contributed by atoms with Crippen molar-refractivity contribution in [2.45, 2.75) is 51.9 Å². The maximum absolute atomic E-state index is 12.8. The number of pyridine rings is 1. The summed E-state index contributed by atoms with van der Waals surface area (Å²) in [6, 6.07) is 4.52. The number of rotatable bonds is 8. The summed E-state index contributed by atoms with van der Waals surface area (Å²) in [6.45, 7) is 2.42. The molecule has 3 heterocycles. The molecular formula is C20H25ClF2N6O3. The number of ether oxygens (including phenoxy) is 1. The number of nitrogens with zero attached hydrogens (tertiary/aromatic N) is 4. The molecule has 3 rings (SSSR count). The number of likely N-dealkylation sites (tertiary alicyclic amines) is 1. The van der Waals surface area contributed by atoms with Crippen LogP contribution in [0.15, 0.2) is 24.4 Å². The van der Waals surface area contributed by atoms with Crippen LogP contribution in [-0.4, -0.2) is 63.3 Å². The van der Waals surface area contributed by atoms with Crippen LogP contribution in [0.4, 0.5) is 14.6 Å². The average Bonchev–Trinajstić information content (AvgIpc) is 3.11. The Kier molecular flexibility index (Phi) is 7.97. The van der Waals surface area contributed by atoms with Crippen molar-refractivity contribution in [3.63, 3.8) is 0 Å². The summed E-state index contributed by atoms with van der Waals surface area (Å²) in [4.78, 5) is 31.5. The van der Waals surface area contributed by atoms with Crippen LogP contribution in [0.2, 0.25) is 5.02 Å². The van der Waals surface area contributed by atoms with Gasteiger partial charge >= 0.3 is 6.61 Å². The van der Waals surface area contributed by atoms with Gasteiger partial charge < -0.3 is 20.3 Å². The zero-order chi connectivity index (χ0) is 23.3. The molecule has 1 aliphatic heterocycles. The fourth-order valence-electron chi connectivity index (χ4n) is 3.43. The molecule has 0 aliphatic carbocycles. The van der Waals surface area contributed by atoms with Crippen LogP contribution in [0.3, 0.4) is 0 Å². The second kappa shape index (κ2) is 10.7. The van der Waals surface area contributed by atoms with E-state index in [1.165, 1.54) is 12.3 Å². The molecule has 2 aromatic heterocycles. The van der Waals surface area contributed by atoms with Crippen molar-refractivity contribution in [3.05, 3.63) is 35.1 Å². The van der Waals surface area contributed by atoms with Crippen LogP contribution in [0.1, 0.15) is 37.2 Å². The Balaban J connectivity index is 1.68. The van der Waals surface area contributed by atoms with E-state index >= 15 is 0 Å². The Morgan fingerprint density at radius 3 is 2.59 bits per heavy atom. The van der Waals surface area contributed by atoms with Crippen LogP contribution in [-0.2, 0) is 11.3 Å². The number of carbonyl (C=O) groups is 2. The average molecular weight is 471 g/mol. The normalized spacial score (nSPS) is 15.2. The molecule has 174 valence electrons. The maximum Gasteiger partial charge on any atom is 0.388 e. The number of carbonyl (C=O) groups excluding carboxylic acids is 2. The predicted molar refractivity (Wildman–Crippen MR) is 114 cm³/mol. The van der Waals surface area contributed by atoms with E-state index in [-0.39, 0.29) is 17.6 Å². The fraction of sp³-hybridized carbons (Fsp3) is 0.500. The van der Waals surface area contributed by atoms with Crippen molar-refractivity contribution in [2.75, 3.05) is 18.4 Å². The SMILES string of the molecule is CC(C)N1CCC(NC(=O)c2cc(OC(F)F)nn2CC(=O)Nc2ccc(Cl)cn2)CC1. The van der Waals surface area contributed by atoms with Crippen molar-refractivity contribution in [1.29, 1.82) is 0 Å². The maximum atomic E-state index is 12.8. The van der Waals surface area contributed by atoms with Gasteiger partial charge in [0.1, 0.15) is 18.1 Å². The Morgan fingerprint density at radius 1 is 1.28 bits per heavy atom. The number of nitrogens with one attached hydrogen (secondary N) is 2. The Bertz CT molecular complexity index is 930. The van der Waals surface area contributed by atoms with E-state index in [4.69, 9.17) is 11.6 Å². The minimum atomic E-state index is -3.11. The number of hydrogen-bond donors (Lipinski definition) is 2. The first-order valence-electron chi connectivity index (χ1n) is 10.2. The second-order valence-electron chi connectivity index (χ2n) is 7.69. The van der Waals surface area contributed by atoms with E-state index in [1.807, 2.05) is 0 Å². The Morgan fingerprint density at radius 2 is 2.00 bits per heavy atom. The fourth-order valence-corrected chi connectivity index (χ4v) is 3.54. The van der Waals surface area contributed by atoms with Crippen LogP contribution < -0.4 is 15.4 Å². The van der Waals surface area contributed by atoms with Crippen LogP contribution >= 0.6 is 11.6 Å². The van der Waals surface area contributed by atoms with Crippen LogP contribution in [0.5, 0.6) is 5.88 Å². The van der Waals surface area contributed by atoms with Gasteiger partial charge in [0.2, 0.25) is 11.8 Å². The van der Waals surface area contributed by atoms with Gasteiger partial charge in [0.15, 0.2) is 0 Å². The smallest absolute Gasteiger partial charge is 0.388 e. The largest absolute Gasteiger partial charge is 0.415 e. The molecule has 2 amide bonds. The molecule has 2 aromatic rings. The van der Waals surface area contributed by atoms with Gasteiger partial charge in [0.25, 0.3) is 5.91 Å². The number of halogens is 3. The molecule has 0 aromatic carbocycles. The van der Waals surface area contributed by atoms with Gasteiger partial charge in [0.05, 0.1) is 5.02 Å².